The van der Waals surface area contributed by atoms with Gasteiger partial charge in [-0.2, -0.15) is 0 Å². The zero-order valence-corrected chi connectivity index (χ0v) is 11.6. The first-order valence-corrected chi connectivity index (χ1v) is 7.09. The van der Waals surface area contributed by atoms with Crippen LogP contribution >= 0.6 is 0 Å². The molecule has 2 rings (SSSR count). The lowest BCUT2D eigenvalue weighted by atomic mass is 10.3. The molecule has 1 atom stereocenters. The molecule has 2 heterocycles. The summed E-state index contributed by atoms with van der Waals surface area (Å²) in [6, 6.07) is 0. The van der Waals surface area contributed by atoms with Crippen molar-refractivity contribution in [3.05, 3.63) is 0 Å². The lowest BCUT2D eigenvalue weighted by Crippen LogP contribution is -2.47. The lowest BCUT2D eigenvalue weighted by Gasteiger charge is -2.25. The number of carbonyl (C=O) groups excluding carboxylic acids is 2. The van der Waals surface area contributed by atoms with Crippen molar-refractivity contribution in [3.63, 3.8) is 0 Å². The zero-order chi connectivity index (χ0) is 13.7. The third-order valence-electron chi connectivity index (χ3n) is 3.55. The van der Waals surface area contributed by atoms with E-state index in [-0.39, 0.29) is 17.9 Å². The molecule has 2 aliphatic rings. The van der Waals surface area contributed by atoms with E-state index in [1.807, 2.05) is 6.92 Å². The summed E-state index contributed by atoms with van der Waals surface area (Å²) in [6.07, 6.45) is 1.70. The van der Waals surface area contributed by atoms with E-state index in [4.69, 9.17) is 4.74 Å². The van der Waals surface area contributed by atoms with E-state index in [1.165, 1.54) is 0 Å². The first-order valence-electron chi connectivity index (χ1n) is 7.09. The van der Waals surface area contributed by atoms with Crippen LogP contribution in [0.15, 0.2) is 0 Å². The van der Waals surface area contributed by atoms with Crippen molar-refractivity contribution in [1.82, 2.24) is 15.1 Å². The molecule has 6 nitrogen and oxygen atoms in total. The summed E-state index contributed by atoms with van der Waals surface area (Å²) >= 11 is 0. The molecule has 1 unspecified atom stereocenters. The summed E-state index contributed by atoms with van der Waals surface area (Å²) in [7, 11) is 0. The Morgan fingerprint density at radius 1 is 1.05 bits per heavy atom. The maximum atomic E-state index is 12.3. The van der Waals surface area contributed by atoms with Gasteiger partial charge in [-0.1, -0.05) is 0 Å². The maximum Gasteiger partial charge on any atom is 0.312 e. The van der Waals surface area contributed by atoms with Crippen LogP contribution in [0.3, 0.4) is 0 Å². The molecule has 0 aromatic carbocycles. The van der Waals surface area contributed by atoms with Crippen molar-refractivity contribution in [2.45, 2.75) is 25.9 Å². The number of carbonyl (C=O) groups is 2. The van der Waals surface area contributed by atoms with E-state index in [1.54, 1.807) is 9.80 Å². The van der Waals surface area contributed by atoms with Crippen LogP contribution in [-0.2, 0) is 14.3 Å². The van der Waals surface area contributed by atoms with E-state index in [9.17, 15) is 9.59 Å². The molecule has 0 radical (unpaired) electrons. The van der Waals surface area contributed by atoms with Crippen molar-refractivity contribution in [2.24, 2.45) is 0 Å². The summed E-state index contributed by atoms with van der Waals surface area (Å²) < 4.78 is 5.50. The van der Waals surface area contributed by atoms with Gasteiger partial charge >= 0.3 is 11.8 Å². The molecule has 0 aromatic heterocycles. The fourth-order valence-corrected chi connectivity index (χ4v) is 2.50. The summed E-state index contributed by atoms with van der Waals surface area (Å²) in [5.74, 6) is -0.739. The Morgan fingerprint density at radius 2 is 1.79 bits per heavy atom. The molecule has 0 spiro atoms. The van der Waals surface area contributed by atoms with Gasteiger partial charge in [-0.3, -0.25) is 9.59 Å². The highest BCUT2D eigenvalue weighted by Crippen LogP contribution is 2.07. The minimum absolute atomic E-state index is 0.00468. The minimum atomic E-state index is -0.376. The smallest absolute Gasteiger partial charge is 0.312 e. The highest BCUT2D eigenvalue weighted by Gasteiger charge is 2.29. The molecule has 0 aliphatic carbocycles. The van der Waals surface area contributed by atoms with Crippen LogP contribution < -0.4 is 5.32 Å². The highest BCUT2D eigenvalue weighted by molar-refractivity contribution is 6.34. The molecule has 2 aliphatic heterocycles. The van der Waals surface area contributed by atoms with Gasteiger partial charge in [0.2, 0.25) is 0 Å². The van der Waals surface area contributed by atoms with Gasteiger partial charge < -0.3 is 19.9 Å². The maximum absolute atomic E-state index is 12.3. The van der Waals surface area contributed by atoms with Gasteiger partial charge in [0.25, 0.3) is 0 Å². The predicted octanol–water partition coefficient (Wildman–Crippen LogP) is -0.554. The van der Waals surface area contributed by atoms with Gasteiger partial charge in [-0.05, 0) is 26.3 Å². The molecule has 19 heavy (non-hydrogen) atoms. The Balaban J connectivity index is 1.94. The molecule has 1 N–H and O–H groups in total. The Labute approximate surface area is 114 Å². The third-order valence-corrected chi connectivity index (χ3v) is 3.55. The largest absolute Gasteiger partial charge is 0.377 e. The van der Waals surface area contributed by atoms with Crippen LogP contribution in [0.5, 0.6) is 0 Å². The second-order valence-corrected chi connectivity index (χ2v) is 5.18. The van der Waals surface area contributed by atoms with Crippen molar-refractivity contribution in [2.75, 3.05) is 45.9 Å². The van der Waals surface area contributed by atoms with Crippen LogP contribution in [0.1, 0.15) is 19.8 Å². The Kier molecular flexibility index (Phi) is 5.15. The van der Waals surface area contributed by atoms with E-state index in [0.717, 1.165) is 25.9 Å². The molecule has 2 saturated heterocycles. The third kappa shape index (κ3) is 3.91. The molecule has 2 amide bonds. The summed E-state index contributed by atoms with van der Waals surface area (Å²) in [5.41, 5.74) is 0. The second-order valence-electron chi connectivity index (χ2n) is 5.18. The molecule has 108 valence electrons. The number of rotatable bonds is 0. The zero-order valence-electron chi connectivity index (χ0n) is 11.6. The Hall–Kier alpha value is -1.14. The average Bonchev–Trinajstić information content (AvgIpc) is 2.79. The molecule has 0 aromatic rings. The molecule has 2 fully saturated rings. The number of nitrogens with one attached hydrogen (secondary N) is 1. The normalized spacial score (nSPS) is 25.6. The van der Waals surface area contributed by atoms with E-state index >= 15 is 0 Å². The number of hydrogen-bond acceptors (Lipinski definition) is 4. The van der Waals surface area contributed by atoms with Gasteiger partial charge in [-0.15, -0.1) is 0 Å². The topological polar surface area (TPSA) is 61.9 Å². The van der Waals surface area contributed by atoms with Crippen LogP contribution in [-0.4, -0.2) is 73.6 Å². The van der Waals surface area contributed by atoms with Crippen LogP contribution in [0.2, 0.25) is 0 Å². The molecule has 6 heteroatoms. The molecular formula is C13H23N3O3. The number of amides is 2. The number of hydrogen-bond donors (Lipinski definition) is 1. The quantitative estimate of drug-likeness (QED) is 0.599. The standard InChI is InChI=1S/C13H23N3O3/c1-11-10-16(7-3-9-19-11)13(18)12(17)15-6-2-4-14-5-8-15/h11,14H,2-10H2,1H3. The monoisotopic (exact) mass is 269 g/mol. The minimum Gasteiger partial charge on any atom is -0.377 e. The molecular weight excluding hydrogens is 246 g/mol. The number of ether oxygens (including phenoxy) is 1. The van der Waals surface area contributed by atoms with E-state index in [0.29, 0.717) is 32.8 Å². The van der Waals surface area contributed by atoms with E-state index < -0.39 is 0 Å². The summed E-state index contributed by atoms with van der Waals surface area (Å²) in [5, 5.41) is 3.23. The van der Waals surface area contributed by atoms with Gasteiger partial charge in [0, 0.05) is 39.3 Å². The Bertz CT molecular complexity index is 327. The average molecular weight is 269 g/mol. The van der Waals surface area contributed by atoms with E-state index in [2.05, 4.69) is 5.32 Å². The summed E-state index contributed by atoms with van der Waals surface area (Å²) in [6.45, 7) is 6.67. The lowest BCUT2D eigenvalue weighted by molar-refractivity contribution is -0.152. The van der Waals surface area contributed by atoms with Gasteiger partial charge in [-0.25, -0.2) is 0 Å². The second kappa shape index (κ2) is 6.86. The van der Waals surface area contributed by atoms with Gasteiger partial charge in [0.15, 0.2) is 0 Å². The number of nitrogens with zero attached hydrogens (tertiary/aromatic N) is 2. The van der Waals surface area contributed by atoms with Crippen LogP contribution in [0.4, 0.5) is 0 Å². The first-order chi connectivity index (χ1) is 9.18. The SMILES string of the molecule is CC1CN(C(=O)C(=O)N2CCCNCC2)CCCO1. The van der Waals surface area contributed by atoms with Gasteiger partial charge in [0.05, 0.1) is 6.10 Å². The van der Waals surface area contributed by atoms with Gasteiger partial charge in [0.1, 0.15) is 0 Å². The Morgan fingerprint density at radius 3 is 2.63 bits per heavy atom. The van der Waals surface area contributed by atoms with Crippen molar-refractivity contribution in [3.8, 4) is 0 Å². The highest BCUT2D eigenvalue weighted by atomic mass is 16.5. The van der Waals surface area contributed by atoms with Crippen LogP contribution in [0.25, 0.3) is 0 Å². The first kappa shape index (κ1) is 14.3. The van der Waals surface area contributed by atoms with Crippen molar-refractivity contribution in [1.29, 1.82) is 0 Å². The molecule has 0 bridgehead atoms. The van der Waals surface area contributed by atoms with Crippen molar-refractivity contribution >= 4 is 11.8 Å². The van der Waals surface area contributed by atoms with Crippen molar-refractivity contribution < 1.29 is 14.3 Å². The predicted molar refractivity (Wildman–Crippen MR) is 70.7 cm³/mol. The fraction of sp³-hybridized carbons (Fsp3) is 0.846. The van der Waals surface area contributed by atoms with Crippen LogP contribution in [0, 0.1) is 0 Å². The molecule has 0 saturated carbocycles. The fourth-order valence-electron chi connectivity index (χ4n) is 2.50. The summed E-state index contributed by atoms with van der Waals surface area (Å²) in [4.78, 5) is 27.8.